The number of hydrogen-bond donors (Lipinski definition) is 2. The number of nitrogens with two attached hydrogens (primary N) is 1. The van der Waals surface area contributed by atoms with Crippen LogP contribution in [0.25, 0.3) is 0 Å². The first-order valence-electron chi connectivity index (χ1n) is 4.67. The Hall–Kier alpha value is -1.65. The second-order valence-corrected chi connectivity index (χ2v) is 4.05. The predicted octanol–water partition coefficient (Wildman–Crippen LogP) is 3.42. The van der Waals surface area contributed by atoms with Crippen LogP contribution in [0.2, 0.25) is 10.2 Å². The maximum absolute atomic E-state index is 11.8. The van der Waals surface area contributed by atoms with Crippen molar-refractivity contribution in [3.8, 4) is 0 Å². The molecular formula is C11H8Cl2N2O2. The summed E-state index contributed by atoms with van der Waals surface area (Å²) in [4.78, 5) is 11.8. The lowest BCUT2D eigenvalue weighted by Crippen LogP contribution is -2.11. The van der Waals surface area contributed by atoms with Crippen LogP contribution in [-0.2, 0) is 0 Å². The zero-order valence-corrected chi connectivity index (χ0v) is 10.0. The fourth-order valence-corrected chi connectivity index (χ4v) is 1.59. The summed E-state index contributed by atoms with van der Waals surface area (Å²) in [5, 5.41) is 3.11. The van der Waals surface area contributed by atoms with Crippen molar-refractivity contribution >= 4 is 40.5 Å². The average Bonchev–Trinajstić information content (AvgIpc) is 2.70. The van der Waals surface area contributed by atoms with Crippen molar-refractivity contribution < 1.29 is 9.21 Å². The molecule has 0 aliphatic rings. The summed E-state index contributed by atoms with van der Waals surface area (Å²) >= 11 is 11.5. The molecule has 1 heterocycles. The van der Waals surface area contributed by atoms with Gasteiger partial charge in [-0.25, -0.2) is 0 Å². The third-order valence-electron chi connectivity index (χ3n) is 2.12. The number of benzene rings is 1. The Morgan fingerprint density at radius 2 is 2.06 bits per heavy atom. The first kappa shape index (κ1) is 11.8. The standard InChI is InChI=1S/C11H8Cl2N2O2/c12-8-2-1-6(5-9(8)14)15-11(16)7-3-4-17-10(7)13/h1-5H,14H2,(H,15,16). The first-order valence-corrected chi connectivity index (χ1v) is 5.43. The number of furan rings is 1. The van der Waals surface area contributed by atoms with Crippen molar-refractivity contribution in [1.82, 2.24) is 0 Å². The summed E-state index contributed by atoms with van der Waals surface area (Å²) in [5.41, 5.74) is 6.81. The van der Waals surface area contributed by atoms with Crippen LogP contribution in [-0.4, -0.2) is 5.91 Å². The van der Waals surface area contributed by atoms with E-state index >= 15 is 0 Å². The SMILES string of the molecule is Nc1cc(NC(=O)c2ccoc2Cl)ccc1Cl. The lowest BCUT2D eigenvalue weighted by Gasteiger charge is -2.05. The smallest absolute Gasteiger partial charge is 0.260 e. The molecule has 4 nitrogen and oxygen atoms in total. The van der Waals surface area contributed by atoms with Crippen LogP contribution < -0.4 is 11.1 Å². The molecule has 0 saturated carbocycles. The van der Waals surface area contributed by atoms with E-state index < -0.39 is 0 Å². The van der Waals surface area contributed by atoms with E-state index in [0.29, 0.717) is 16.4 Å². The molecule has 3 N–H and O–H groups in total. The topological polar surface area (TPSA) is 68.3 Å². The van der Waals surface area contributed by atoms with Gasteiger partial charge >= 0.3 is 0 Å². The highest BCUT2D eigenvalue weighted by Crippen LogP contribution is 2.24. The van der Waals surface area contributed by atoms with Gasteiger partial charge in [-0.05, 0) is 35.9 Å². The van der Waals surface area contributed by atoms with Crippen LogP contribution in [0, 0.1) is 0 Å². The van der Waals surface area contributed by atoms with Gasteiger partial charge in [-0.2, -0.15) is 0 Å². The minimum absolute atomic E-state index is 0.0458. The van der Waals surface area contributed by atoms with Gasteiger partial charge in [0.2, 0.25) is 5.22 Å². The normalized spacial score (nSPS) is 10.2. The summed E-state index contributed by atoms with van der Waals surface area (Å²) in [6.45, 7) is 0. The Morgan fingerprint density at radius 1 is 1.29 bits per heavy atom. The fraction of sp³-hybridized carbons (Fsp3) is 0. The monoisotopic (exact) mass is 270 g/mol. The molecule has 88 valence electrons. The molecule has 0 saturated heterocycles. The van der Waals surface area contributed by atoms with Gasteiger partial charge in [-0.15, -0.1) is 0 Å². The molecule has 1 amide bonds. The highest BCUT2D eigenvalue weighted by atomic mass is 35.5. The minimum atomic E-state index is -0.370. The van der Waals surface area contributed by atoms with Gasteiger partial charge in [0.05, 0.1) is 22.5 Å². The van der Waals surface area contributed by atoms with E-state index in [-0.39, 0.29) is 16.7 Å². The predicted molar refractivity (Wildman–Crippen MR) is 67.5 cm³/mol. The molecule has 0 atom stereocenters. The number of hydrogen-bond acceptors (Lipinski definition) is 3. The lowest BCUT2D eigenvalue weighted by molar-refractivity contribution is 0.102. The Bertz CT molecular complexity index is 566. The molecule has 0 bridgehead atoms. The van der Waals surface area contributed by atoms with Crippen molar-refractivity contribution in [2.24, 2.45) is 0 Å². The quantitative estimate of drug-likeness (QED) is 0.822. The molecule has 0 aliphatic carbocycles. The second-order valence-electron chi connectivity index (χ2n) is 3.30. The molecule has 2 aromatic rings. The van der Waals surface area contributed by atoms with Crippen molar-refractivity contribution in [3.63, 3.8) is 0 Å². The summed E-state index contributed by atoms with van der Waals surface area (Å²) in [7, 11) is 0. The largest absolute Gasteiger partial charge is 0.452 e. The summed E-state index contributed by atoms with van der Waals surface area (Å²) in [6.07, 6.45) is 1.34. The highest BCUT2D eigenvalue weighted by molar-refractivity contribution is 6.33. The van der Waals surface area contributed by atoms with Crippen molar-refractivity contribution in [2.75, 3.05) is 11.1 Å². The third-order valence-corrected chi connectivity index (χ3v) is 2.75. The van der Waals surface area contributed by atoms with Crippen molar-refractivity contribution in [3.05, 3.63) is 46.3 Å². The fourth-order valence-electron chi connectivity index (χ4n) is 1.28. The number of nitrogens with one attached hydrogen (secondary N) is 1. The first-order chi connectivity index (χ1) is 8.08. The number of amides is 1. The van der Waals surface area contributed by atoms with Gasteiger partial charge < -0.3 is 15.5 Å². The Kier molecular flexibility index (Phi) is 3.26. The molecule has 6 heteroatoms. The van der Waals surface area contributed by atoms with E-state index in [1.165, 1.54) is 12.3 Å². The van der Waals surface area contributed by atoms with Gasteiger partial charge in [-0.1, -0.05) is 11.6 Å². The molecule has 0 unspecified atom stereocenters. The maximum atomic E-state index is 11.8. The second kappa shape index (κ2) is 4.69. The Labute approximate surface area is 107 Å². The third kappa shape index (κ3) is 2.54. The number of carbonyl (C=O) groups is 1. The van der Waals surface area contributed by atoms with Gasteiger partial charge in [0, 0.05) is 5.69 Å². The van der Waals surface area contributed by atoms with Crippen LogP contribution in [0.5, 0.6) is 0 Å². The minimum Gasteiger partial charge on any atom is -0.452 e. The number of rotatable bonds is 2. The van der Waals surface area contributed by atoms with E-state index in [0.717, 1.165) is 0 Å². The molecule has 1 aromatic heterocycles. The summed E-state index contributed by atoms with van der Waals surface area (Å²) in [5.74, 6) is -0.370. The van der Waals surface area contributed by atoms with Crippen LogP contribution in [0.4, 0.5) is 11.4 Å². The molecule has 0 fully saturated rings. The van der Waals surface area contributed by atoms with Crippen LogP contribution in [0.15, 0.2) is 34.9 Å². The zero-order valence-electron chi connectivity index (χ0n) is 8.54. The van der Waals surface area contributed by atoms with Gasteiger partial charge in [0.15, 0.2) is 0 Å². The van der Waals surface area contributed by atoms with Crippen molar-refractivity contribution in [1.29, 1.82) is 0 Å². The molecule has 2 rings (SSSR count). The number of carbonyl (C=O) groups excluding carboxylic acids is 1. The van der Waals surface area contributed by atoms with Crippen molar-refractivity contribution in [2.45, 2.75) is 0 Å². The molecule has 0 aliphatic heterocycles. The van der Waals surface area contributed by atoms with E-state index in [1.54, 1.807) is 18.2 Å². The number of halogens is 2. The highest BCUT2D eigenvalue weighted by Gasteiger charge is 2.13. The van der Waals surface area contributed by atoms with Crippen LogP contribution in [0.3, 0.4) is 0 Å². The zero-order chi connectivity index (χ0) is 12.4. The van der Waals surface area contributed by atoms with Gasteiger partial charge in [0.25, 0.3) is 5.91 Å². The number of anilines is 2. The maximum Gasteiger partial charge on any atom is 0.260 e. The van der Waals surface area contributed by atoms with E-state index in [9.17, 15) is 4.79 Å². The molecular weight excluding hydrogens is 263 g/mol. The summed E-state index contributed by atoms with van der Waals surface area (Å²) < 4.78 is 4.82. The molecule has 17 heavy (non-hydrogen) atoms. The van der Waals surface area contributed by atoms with E-state index in [2.05, 4.69) is 5.32 Å². The molecule has 0 spiro atoms. The number of nitrogen functional groups attached to an aromatic ring is 1. The van der Waals surface area contributed by atoms with E-state index in [1.807, 2.05) is 0 Å². The van der Waals surface area contributed by atoms with Gasteiger partial charge in [0.1, 0.15) is 0 Å². The Morgan fingerprint density at radius 3 is 2.65 bits per heavy atom. The van der Waals surface area contributed by atoms with E-state index in [4.69, 9.17) is 33.4 Å². The lowest BCUT2D eigenvalue weighted by atomic mass is 10.2. The van der Waals surface area contributed by atoms with Crippen LogP contribution in [0.1, 0.15) is 10.4 Å². The molecule has 1 aromatic carbocycles. The Balaban J connectivity index is 2.19. The summed E-state index contributed by atoms with van der Waals surface area (Å²) in [6, 6.07) is 6.29. The van der Waals surface area contributed by atoms with Gasteiger partial charge in [-0.3, -0.25) is 4.79 Å². The molecule has 0 radical (unpaired) electrons. The van der Waals surface area contributed by atoms with Crippen LogP contribution >= 0.6 is 23.2 Å². The average molecular weight is 271 g/mol.